The highest BCUT2D eigenvalue weighted by atomic mass is 35.5. The van der Waals surface area contributed by atoms with Crippen molar-refractivity contribution in [1.82, 2.24) is 14.5 Å². The van der Waals surface area contributed by atoms with Crippen LogP contribution in [-0.4, -0.2) is 14.5 Å². The minimum atomic E-state index is -0.489. The van der Waals surface area contributed by atoms with Crippen LogP contribution in [0, 0.1) is 0 Å². The molecule has 0 saturated carbocycles. The molecule has 5 rings (SSSR count). The molecule has 3 heterocycles. The molecular formula is C21H12ClN3O2S. The Morgan fingerprint density at radius 1 is 1.00 bits per heavy atom. The van der Waals surface area contributed by atoms with Crippen molar-refractivity contribution in [2.24, 2.45) is 0 Å². The molecule has 136 valence electrons. The summed E-state index contributed by atoms with van der Waals surface area (Å²) in [6, 6.07) is 18.3. The van der Waals surface area contributed by atoms with Gasteiger partial charge in [0.25, 0.3) is 5.56 Å². The Labute approximate surface area is 167 Å². The maximum absolute atomic E-state index is 13.2. The molecule has 0 spiro atoms. The molecule has 0 fully saturated rings. The van der Waals surface area contributed by atoms with Crippen molar-refractivity contribution in [2.45, 2.75) is 0 Å². The van der Waals surface area contributed by atoms with Crippen LogP contribution in [0.15, 0.2) is 76.4 Å². The number of thiophene rings is 1. The first-order valence-corrected chi connectivity index (χ1v) is 9.71. The highest BCUT2D eigenvalue weighted by Gasteiger charge is 2.16. The van der Waals surface area contributed by atoms with Crippen LogP contribution in [0.1, 0.15) is 0 Å². The van der Waals surface area contributed by atoms with Gasteiger partial charge in [-0.15, -0.1) is 11.3 Å². The number of pyridine rings is 1. The number of benzene rings is 2. The highest BCUT2D eigenvalue weighted by molar-refractivity contribution is 7.22. The first kappa shape index (κ1) is 16.9. The molecule has 0 atom stereocenters. The smallest absolute Gasteiger partial charge is 0.306 e. The van der Waals surface area contributed by atoms with Gasteiger partial charge in [-0.05, 0) is 24.3 Å². The SMILES string of the molecule is O=c1[nH]c2cc(-c3ccccc3Cl)sc2c(=O)n1-c1ccnc2ccccc12. The Balaban J connectivity index is 1.81. The first-order valence-electron chi connectivity index (χ1n) is 8.51. The number of hydrogen-bond donors (Lipinski definition) is 1. The van der Waals surface area contributed by atoms with Gasteiger partial charge < -0.3 is 4.98 Å². The zero-order valence-electron chi connectivity index (χ0n) is 14.3. The minimum Gasteiger partial charge on any atom is -0.306 e. The number of halogens is 1. The van der Waals surface area contributed by atoms with Crippen LogP contribution in [0.4, 0.5) is 0 Å². The number of aromatic amines is 1. The standard InChI is InChI=1S/C21H12ClN3O2S/c22-14-7-3-1-5-12(14)18-11-16-19(28-18)20(26)25(21(27)24-16)17-9-10-23-15-8-4-2-6-13(15)17/h1-11H,(H,24,27). The largest absolute Gasteiger partial charge is 0.333 e. The highest BCUT2D eigenvalue weighted by Crippen LogP contribution is 2.35. The van der Waals surface area contributed by atoms with Gasteiger partial charge in [0.2, 0.25) is 0 Å². The fourth-order valence-corrected chi connectivity index (χ4v) is 4.67. The van der Waals surface area contributed by atoms with E-state index in [9.17, 15) is 9.59 Å². The lowest BCUT2D eigenvalue weighted by Gasteiger charge is -2.07. The third kappa shape index (κ3) is 2.58. The van der Waals surface area contributed by atoms with Crippen LogP contribution in [0.25, 0.3) is 37.2 Å². The minimum absolute atomic E-state index is 0.363. The number of nitrogens with zero attached hydrogens (tertiary/aromatic N) is 2. The quantitative estimate of drug-likeness (QED) is 0.466. The second-order valence-corrected chi connectivity index (χ2v) is 7.71. The van der Waals surface area contributed by atoms with Gasteiger partial charge in [0.15, 0.2) is 0 Å². The number of H-pyrrole nitrogens is 1. The second-order valence-electron chi connectivity index (χ2n) is 6.25. The Morgan fingerprint density at radius 3 is 2.64 bits per heavy atom. The Hall–Kier alpha value is -3.22. The van der Waals surface area contributed by atoms with E-state index in [2.05, 4.69) is 9.97 Å². The number of hydrogen-bond acceptors (Lipinski definition) is 4. The molecule has 1 N–H and O–H groups in total. The molecule has 0 aliphatic rings. The molecule has 0 bridgehead atoms. The van der Waals surface area contributed by atoms with Crippen molar-refractivity contribution >= 4 is 44.1 Å². The zero-order chi connectivity index (χ0) is 19.3. The molecule has 0 radical (unpaired) electrons. The van der Waals surface area contributed by atoms with Gasteiger partial charge >= 0.3 is 5.69 Å². The number of aromatic nitrogens is 3. The van der Waals surface area contributed by atoms with Crippen molar-refractivity contribution in [2.75, 3.05) is 0 Å². The Kier molecular flexibility index (Phi) is 3.89. The molecule has 5 nitrogen and oxygen atoms in total. The molecule has 0 saturated heterocycles. The fourth-order valence-electron chi connectivity index (χ4n) is 3.30. The number of nitrogens with one attached hydrogen (secondary N) is 1. The Morgan fingerprint density at radius 2 is 1.79 bits per heavy atom. The lowest BCUT2D eigenvalue weighted by molar-refractivity contribution is 0.910. The summed E-state index contributed by atoms with van der Waals surface area (Å²) in [6.45, 7) is 0. The van der Waals surface area contributed by atoms with Crippen LogP contribution in [0.3, 0.4) is 0 Å². The molecule has 7 heteroatoms. The van der Waals surface area contributed by atoms with Gasteiger partial charge in [-0.2, -0.15) is 0 Å². The topological polar surface area (TPSA) is 67.8 Å². The van der Waals surface area contributed by atoms with Crippen molar-refractivity contribution in [3.05, 3.63) is 92.7 Å². The van der Waals surface area contributed by atoms with Crippen LogP contribution >= 0.6 is 22.9 Å². The molecule has 5 aromatic rings. The summed E-state index contributed by atoms with van der Waals surface area (Å²) in [7, 11) is 0. The number of rotatable bonds is 2. The van der Waals surface area contributed by atoms with E-state index in [1.54, 1.807) is 24.4 Å². The van der Waals surface area contributed by atoms with Gasteiger partial charge in [0.05, 0.1) is 16.7 Å². The van der Waals surface area contributed by atoms with Gasteiger partial charge in [0.1, 0.15) is 4.70 Å². The summed E-state index contributed by atoms with van der Waals surface area (Å²) in [5.74, 6) is 0. The van der Waals surface area contributed by atoms with Crippen molar-refractivity contribution in [3.63, 3.8) is 0 Å². The summed E-state index contributed by atoms with van der Waals surface area (Å²) in [6.07, 6.45) is 1.59. The van der Waals surface area contributed by atoms with E-state index in [0.29, 0.717) is 26.4 Å². The summed E-state index contributed by atoms with van der Waals surface area (Å²) in [5.41, 5.74) is 1.70. The van der Waals surface area contributed by atoms with Crippen molar-refractivity contribution in [3.8, 4) is 16.1 Å². The monoisotopic (exact) mass is 405 g/mol. The molecule has 0 aliphatic carbocycles. The van der Waals surface area contributed by atoms with Crippen LogP contribution < -0.4 is 11.2 Å². The van der Waals surface area contributed by atoms with Crippen LogP contribution in [0.5, 0.6) is 0 Å². The van der Waals surface area contributed by atoms with Crippen LogP contribution in [-0.2, 0) is 0 Å². The summed E-state index contributed by atoms with van der Waals surface area (Å²) < 4.78 is 1.63. The third-order valence-corrected chi connectivity index (χ3v) is 6.07. The molecular weight excluding hydrogens is 394 g/mol. The van der Waals surface area contributed by atoms with Crippen molar-refractivity contribution < 1.29 is 0 Å². The van der Waals surface area contributed by atoms with Gasteiger partial charge in [-0.3, -0.25) is 9.78 Å². The number of fused-ring (bicyclic) bond motifs is 2. The van der Waals surface area contributed by atoms with E-state index in [-0.39, 0.29) is 5.56 Å². The van der Waals surface area contributed by atoms with Gasteiger partial charge in [-0.1, -0.05) is 48.0 Å². The normalized spacial score (nSPS) is 11.3. The average Bonchev–Trinajstić information content (AvgIpc) is 3.12. The Bertz CT molecular complexity index is 1480. The summed E-state index contributed by atoms with van der Waals surface area (Å²) in [5, 5.41) is 1.33. The lowest BCUT2D eigenvalue weighted by atomic mass is 10.2. The molecule has 3 aromatic heterocycles. The first-order chi connectivity index (χ1) is 13.6. The fraction of sp³-hybridized carbons (Fsp3) is 0. The van der Waals surface area contributed by atoms with Crippen LogP contribution in [0.2, 0.25) is 5.02 Å². The lowest BCUT2D eigenvalue weighted by Crippen LogP contribution is -2.33. The zero-order valence-corrected chi connectivity index (χ0v) is 15.9. The summed E-state index contributed by atoms with van der Waals surface area (Å²) in [4.78, 5) is 34.0. The molecule has 0 unspecified atom stereocenters. The van der Waals surface area contributed by atoms with Gasteiger partial charge in [-0.25, -0.2) is 9.36 Å². The van der Waals surface area contributed by atoms with E-state index in [4.69, 9.17) is 11.6 Å². The van der Waals surface area contributed by atoms with Crippen molar-refractivity contribution in [1.29, 1.82) is 0 Å². The number of para-hydroxylation sites is 1. The maximum atomic E-state index is 13.2. The van der Waals surface area contributed by atoms with E-state index in [0.717, 1.165) is 15.8 Å². The summed E-state index contributed by atoms with van der Waals surface area (Å²) >= 11 is 7.60. The molecule has 0 amide bonds. The predicted molar refractivity (Wildman–Crippen MR) is 114 cm³/mol. The maximum Gasteiger partial charge on any atom is 0.333 e. The van der Waals surface area contributed by atoms with E-state index < -0.39 is 5.69 Å². The second kappa shape index (κ2) is 6.44. The molecule has 0 aliphatic heterocycles. The van der Waals surface area contributed by atoms with E-state index in [1.807, 2.05) is 42.5 Å². The third-order valence-electron chi connectivity index (χ3n) is 4.58. The average molecular weight is 406 g/mol. The molecule has 28 heavy (non-hydrogen) atoms. The van der Waals surface area contributed by atoms with E-state index >= 15 is 0 Å². The predicted octanol–water partition coefficient (Wildman–Crippen LogP) is 4.61. The van der Waals surface area contributed by atoms with Gasteiger partial charge in [0, 0.05) is 27.0 Å². The molecule has 2 aromatic carbocycles. The van der Waals surface area contributed by atoms with E-state index in [1.165, 1.54) is 15.9 Å².